The molecule has 0 amide bonds. The first-order chi connectivity index (χ1) is 11.5. The van der Waals surface area contributed by atoms with Gasteiger partial charge in [0.05, 0.1) is 11.3 Å². The molecule has 0 saturated carbocycles. The van der Waals surface area contributed by atoms with Gasteiger partial charge >= 0.3 is 5.97 Å². The molecule has 0 aliphatic carbocycles. The average Bonchev–Trinajstić information content (AvgIpc) is 2.90. The van der Waals surface area contributed by atoms with E-state index in [9.17, 15) is 18.4 Å². The van der Waals surface area contributed by atoms with Crippen LogP contribution >= 0.6 is 0 Å². The van der Waals surface area contributed by atoms with Crippen LogP contribution in [0, 0.1) is 18.6 Å². The Balaban J connectivity index is 1.79. The number of fused-ring (bicyclic) bond motifs is 1. The molecule has 2 heterocycles. The van der Waals surface area contributed by atoms with Gasteiger partial charge in [-0.2, -0.15) is 5.10 Å². The lowest BCUT2D eigenvalue weighted by Gasteiger charge is -2.05. The highest BCUT2D eigenvalue weighted by Crippen LogP contribution is 2.15. The van der Waals surface area contributed by atoms with Crippen molar-refractivity contribution in [1.29, 1.82) is 0 Å². The summed E-state index contributed by atoms with van der Waals surface area (Å²) in [7, 11) is 0. The molecule has 0 N–H and O–H groups in total. The van der Waals surface area contributed by atoms with Crippen molar-refractivity contribution in [2.45, 2.75) is 6.92 Å². The highest BCUT2D eigenvalue weighted by atomic mass is 19.1. The number of halogens is 2. The van der Waals surface area contributed by atoms with Gasteiger partial charge < -0.3 is 4.74 Å². The second-order valence-corrected chi connectivity index (χ2v) is 4.97. The first-order valence-electron chi connectivity index (χ1n) is 6.92. The van der Waals surface area contributed by atoms with Crippen molar-refractivity contribution in [2.24, 2.45) is 0 Å². The van der Waals surface area contributed by atoms with Crippen molar-refractivity contribution >= 4 is 17.4 Å². The number of carbonyl (C=O) groups is 2. The molecule has 0 unspecified atom stereocenters. The van der Waals surface area contributed by atoms with Gasteiger partial charge in [-0.05, 0) is 31.2 Å². The van der Waals surface area contributed by atoms with Crippen molar-refractivity contribution in [3.63, 3.8) is 0 Å². The third kappa shape index (κ3) is 2.85. The van der Waals surface area contributed by atoms with Gasteiger partial charge in [-0.3, -0.25) is 4.79 Å². The van der Waals surface area contributed by atoms with Crippen LogP contribution in [-0.2, 0) is 4.74 Å². The van der Waals surface area contributed by atoms with Gasteiger partial charge in [0, 0.05) is 12.4 Å². The number of nitrogens with zero attached hydrogens (tertiary/aromatic N) is 3. The summed E-state index contributed by atoms with van der Waals surface area (Å²) in [4.78, 5) is 28.2. The Kier molecular flexibility index (Phi) is 4.03. The molecule has 0 atom stereocenters. The normalized spacial score (nSPS) is 10.8. The Morgan fingerprint density at radius 1 is 1.29 bits per heavy atom. The number of aryl methyl sites for hydroxylation is 1. The van der Waals surface area contributed by atoms with Crippen molar-refractivity contribution < 1.29 is 23.1 Å². The standard InChI is InChI=1S/C16H11F2N3O3/c1-9-14(15-19-5-2-6-21(15)20-9)16(23)24-8-13(22)11-7-10(17)3-4-12(11)18/h2-7H,8H2,1H3. The molecule has 0 aliphatic rings. The quantitative estimate of drug-likeness (QED) is 0.542. The molecule has 1 aromatic carbocycles. The first kappa shape index (κ1) is 15.7. The van der Waals surface area contributed by atoms with Crippen LogP contribution in [-0.4, -0.2) is 33.0 Å². The number of ketones is 1. The highest BCUT2D eigenvalue weighted by Gasteiger charge is 2.21. The van der Waals surface area contributed by atoms with E-state index in [1.54, 1.807) is 19.2 Å². The van der Waals surface area contributed by atoms with Crippen LogP contribution in [0.1, 0.15) is 26.4 Å². The number of rotatable bonds is 4. The Labute approximate surface area is 134 Å². The van der Waals surface area contributed by atoms with Gasteiger partial charge in [-0.1, -0.05) is 0 Å². The number of carbonyl (C=O) groups excluding carboxylic acids is 2. The summed E-state index contributed by atoms with van der Waals surface area (Å²) < 4.78 is 33.0. The molecule has 0 spiro atoms. The molecular formula is C16H11F2N3O3. The minimum absolute atomic E-state index is 0.114. The van der Waals surface area contributed by atoms with Crippen molar-refractivity contribution in [2.75, 3.05) is 6.61 Å². The summed E-state index contributed by atoms with van der Waals surface area (Å²) in [5.74, 6) is -3.30. The maximum absolute atomic E-state index is 13.5. The Morgan fingerprint density at radius 3 is 2.88 bits per heavy atom. The summed E-state index contributed by atoms with van der Waals surface area (Å²) in [5, 5.41) is 4.10. The molecule has 2 aromatic heterocycles. The summed E-state index contributed by atoms with van der Waals surface area (Å²) in [5.41, 5.74) is 0.299. The van der Waals surface area contributed by atoms with Crippen LogP contribution in [0.2, 0.25) is 0 Å². The summed E-state index contributed by atoms with van der Waals surface area (Å²) >= 11 is 0. The minimum Gasteiger partial charge on any atom is -0.454 e. The van der Waals surface area contributed by atoms with Gasteiger partial charge in [-0.25, -0.2) is 23.1 Å². The number of hydrogen-bond acceptors (Lipinski definition) is 5. The van der Waals surface area contributed by atoms with E-state index in [1.165, 1.54) is 10.7 Å². The van der Waals surface area contributed by atoms with E-state index >= 15 is 0 Å². The maximum atomic E-state index is 13.5. The van der Waals surface area contributed by atoms with E-state index in [0.717, 1.165) is 18.2 Å². The topological polar surface area (TPSA) is 73.6 Å². The summed E-state index contributed by atoms with van der Waals surface area (Å²) in [6.07, 6.45) is 3.10. The summed E-state index contributed by atoms with van der Waals surface area (Å²) in [6.45, 7) is 0.877. The third-order valence-corrected chi connectivity index (χ3v) is 3.34. The Morgan fingerprint density at radius 2 is 2.08 bits per heavy atom. The lowest BCUT2D eigenvalue weighted by molar-refractivity contribution is 0.0474. The fourth-order valence-corrected chi connectivity index (χ4v) is 2.23. The third-order valence-electron chi connectivity index (χ3n) is 3.34. The van der Waals surface area contributed by atoms with Gasteiger partial charge in [0.1, 0.15) is 17.2 Å². The molecule has 0 radical (unpaired) electrons. The van der Waals surface area contributed by atoms with E-state index in [-0.39, 0.29) is 11.2 Å². The van der Waals surface area contributed by atoms with Crippen molar-refractivity contribution in [3.8, 4) is 0 Å². The molecule has 3 aromatic rings. The highest BCUT2D eigenvalue weighted by molar-refractivity contribution is 6.01. The molecular weight excluding hydrogens is 320 g/mol. The number of aromatic nitrogens is 3. The monoisotopic (exact) mass is 331 g/mol. The number of ether oxygens (including phenoxy) is 1. The van der Waals surface area contributed by atoms with E-state index in [0.29, 0.717) is 5.69 Å². The minimum atomic E-state index is -0.883. The molecule has 8 heteroatoms. The fourth-order valence-electron chi connectivity index (χ4n) is 2.23. The van der Waals surface area contributed by atoms with Gasteiger partial charge in [0.2, 0.25) is 5.78 Å². The number of benzene rings is 1. The molecule has 24 heavy (non-hydrogen) atoms. The smallest absolute Gasteiger partial charge is 0.344 e. The summed E-state index contributed by atoms with van der Waals surface area (Å²) in [6, 6.07) is 4.13. The molecule has 122 valence electrons. The van der Waals surface area contributed by atoms with Crippen molar-refractivity contribution in [3.05, 3.63) is 65.1 Å². The second kappa shape index (κ2) is 6.15. The molecule has 3 rings (SSSR count). The molecule has 0 aliphatic heterocycles. The predicted octanol–water partition coefficient (Wildman–Crippen LogP) is 2.36. The van der Waals surface area contributed by atoms with Crippen LogP contribution in [0.15, 0.2) is 36.7 Å². The van der Waals surface area contributed by atoms with Gasteiger partial charge in [0.25, 0.3) is 0 Å². The Bertz CT molecular complexity index is 953. The fraction of sp³-hybridized carbons (Fsp3) is 0.125. The second-order valence-electron chi connectivity index (χ2n) is 4.97. The largest absolute Gasteiger partial charge is 0.454 e. The average molecular weight is 331 g/mol. The Hall–Kier alpha value is -3.16. The van der Waals surface area contributed by atoms with Crippen LogP contribution < -0.4 is 0 Å². The number of hydrogen-bond donors (Lipinski definition) is 0. The molecule has 6 nitrogen and oxygen atoms in total. The zero-order valence-electron chi connectivity index (χ0n) is 12.5. The lowest BCUT2D eigenvalue weighted by atomic mass is 10.1. The zero-order chi connectivity index (χ0) is 17.3. The van der Waals surface area contributed by atoms with E-state index < -0.39 is 35.6 Å². The van der Waals surface area contributed by atoms with E-state index in [2.05, 4.69) is 10.1 Å². The van der Waals surface area contributed by atoms with Crippen molar-refractivity contribution in [1.82, 2.24) is 14.6 Å². The van der Waals surface area contributed by atoms with E-state index in [1.807, 2.05) is 0 Å². The number of esters is 1. The first-order valence-corrected chi connectivity index (χ1v) is 6.92. The molecule has 0 bridgehead atoms. The van der Waals surface area contributed by atoms with Crippen LogP contribution in [0.5, 0.6) is 0 Å². The SMILES string of the molecule is Cc1nn2cccnc2c1C(=O)OCC(=O)c1cc(F)ccc1F. The maximum Gasteiger partial charge on any atom is 0.344 e. The molecule has 0 saturated heterocycles. The van der Waals surface area contributed by atoms with E-state index in [4.69, 9.17) is 4.74 Å². The van der Waals surface area contributed by atoms with Gasteiger partial charge in [-0.15, -0.1) is 0 Å². The molecule has 0 fully saturated rings. The van der Waals surface area contributed by atoms with Crippen LogP contribution in [0.3, 0.4) is 0 Å². The zero-order valence-corrected chi connectivity index (χ0v) is 12.5. The van der Waals surface area contributed by atoms with Crippen LogP contribution in [0.4, 0.5) is 8.78 Å². The lowest BCUT2D eigenvalue weighted by Crippen LogP contribution is -2.16. The van der Waals surface area contributed by atoms with Crippen LogP contribution in [0.25, 0.3) is 5.65 Å². The predicted molar refractivity (Wildman–Crippen MR) is 78.7 cm³/mol. The van der Waals surface area contributed by atoms with Gasteiger partial charge in [0.15, 0.2) is 12.3 Å². The number of Topliss-reactive ketones (excluding diaryl/α,β-unsaturated/α-hetero) is 1.